The number of aromatic amines is 1. The lowest BCUT2D eigenvalue weighted by Crippen LogP contribution is -2.16. The summed E-state index contributed by atoms with van der Waals surface area (Å²) in [6.07, 6.45) is 0.424. The predicted molar refractivity (Wildman–Crippen MR) is 33.2 cm³/mol. The van der Waals surface area contributed by atoms with E-state index in [0.717, 1.165) is 0 Å². The Labute approximate surface area is 56.1 Å². The van der Waals surface area contributed by atoms with E-state index in [2.05, 4.69) is 14.9 Å². The number of carbonyl (C=O) groups excluding carboxylic acids is 1. The second kappa shape index (κ2) is 2.26. The molecule has 0 unspecified atom stereocenters. The van der Waals surface area contributed by atoms with Crippen molar-refractivity contribution in [2.24, 2.45) is 5.73 Å². The number of rotatable bonds is 1. The summed E-state index contributed by atoms with van der Waals surface area (Å²) in [7, 11) is 0. The number of carbonyl (C=O) groups is 1. The number of nitrogens with one attached hydrogen (secondary N) is 1. The minimum absolute atomic E-state index is 0.110. The van der Waals surface area contributed by atoms with E-state index >= 15 is 0 Å². The number of anilines is 1. The fraction of sp³-hybridized carbons (Fsp3) is 0. The molecule has 6 nitrogen and oxygen atoms in total. The number of nitrogens with two attached hydrogens (primary N) is 2. The zero-order valence-electron chi connectivity index (χ0n) is 5.00. The Morgan fingerprint density at radius 2 is 2.50 bits per heavy atom. The number of hydrogen-bond acceptors (Lipinski definition) is 4. The Balaban J connectivity index is 2.74. The lowest BCUT2D eigenvalue weighted by Gasteiger charge is -1.94. The lowest BCUT2D eigenvalue weighted by atomic mass is 10.6. The molecule has 10 heavy (non-hydrogen) atoms. The number of aromatic nitrogens is 2. The standard InChI is InChI=1S/C4H6N4O2/c5-3-2(1-7-8-3)10-4(6)9/h1H,(H2,6,9)(H3,5,7,8). The molecule has 1 aromatic heterocycles. The Bertz CT molecular complexity index is 243. The molecule has 0 atom stereocenters. The molecule has 0 aliphatic carbocycles. The van der Waals surface area contributed by atoms with Gasteiger partial charge in [0.25, 0.3) is 0 Å². The van der Waals surface area contributed by atoms with Crippen LogP contribution in [0.2, 0.25) is 0 Å². The monoisotopic (exact) mass is 142 g/mol. The first kappa shape index (κ1) is 6.40. The molecule has 0 aliphatic rings. The molecule has 6 heteroatoms. The van der Waals surface area contributed by atoms with Crippen molar-refractivity contribution >= 4 is 11.9 Å². The van der Waals surface area contributed by atoms with Crippen LogP contribution in [0.25, 0.3) is 0 Å². The third kappa shape index (κ3) is 1.16. The van der Waals surface area contributed by atoms with Gasteiger partial charge in [-0.3, -0.25) is 5.10 Å². The largest absolute Gasteiger partial charge is 0.410 e. The highest BCUT2D eigenvalue weighted by molar-refractivity contribution is 5.69. The molecule has 1 heterocycles. The zero-order valence-corrected chi connectivity index (χ0v) is 5.00. The molecular formula is C4H6N4O2. The van der Waals surface area contributed by atoms with Gasteiger partial charge in [0.05, 0.1) is 6.20 Å². The van der Waals surface area contributed by atoms with Gasteiger partial charge >= 0.3 is 6.09 Å². The van der Waals surface area contributed by atoms with E-state index in [1.54, 1.807) is 0 Å². The molecule has 1 aromatic rings. The van der Waals surface area contributed by atoms with Crippen LogP contribution in [0.4, 0.5) is 10.6 Å². The minimum Gasteiger partial charge on any atom is -0.405 e. The Hall–Kier alpha value is -1.72. The summed E-state index contributed by atoms with van der Waals surface area (Å²) < 4.78 is 4.41. The first-order chi connectivity index (χ1) is 4.70. The fourth-order valence-electron chi connectivity index (χ4n) is 0.480. The molecular weight excluding hydrogens is 136 g/mol. The number of nitrogens with zero attached hydrogens (tertiary/aromatic N) is 1. The van der Waals surface area contributed by atoms with E-state index in [4.69, 9.17) is 11.5 Å². The van der Waals surface area contributed by atoms with Crippen LogP contribution in [-0.4, -0.2) is 16.3 Å². The van der Waals surface area contributed by atoms with Gasteiger partial charge in [-0.15, -0.1) is 0 Å². The van der Waals surface area contributed by atoms with Crippen LogP contribution >= 0.6 is 0 Å². The molecule has 54 valence electrons. The summed E-state index contributed by atoms with van der Waals surface area (Å²) >= 11 is 0. The first-order valence-electron chi connectivity index (χ1n) is 2.46. The topological polar surface area (TPSA) is 107 Å². The van der Waals surface area contributed by atoms with Gasteiger partial charge in [0, 0.05) is 0 Å². The normalized spacial score (nSPS) is 9.20. The van der Waals surface area contributed by atoms with Crippen LogP contribution < -0.4 is 16.2 Å². The number of ether oxygens (including phenoxy) is 1. The SMILES string of the molecule is NC(=O)Oc1c[nH]nc1N. The van der Waals surface area contributed by atoms with Crippen molar-refractivity contribution in [3.8, 4) is 5.75 Å². The van der Waals surface area contributed by atoms with E-state index in [9.17, 15) is 4.79 Å². The van der Waals surface area contributed by atoms with E-state index in [-0.39, 0.29) is 11.6 Å². The summed E-state index contributed by atoms with van der Waals surface area (Å²) in [6, 6.07) is 0. The van der Waals surface area contributed by atoms with Crippen LogP contribution in [0.1, 0.15) is 0 Å². The van der Waals surface area contributed by atoms with E-state index in [0.29, 0.717) is 0 Å². The maximum absolute atomic E-state index is 10.1. The van der Waals surface area contributed by atoms with Gasteiger partial charge in [-0.2, -0.15) is 5.10 Å². The molecule has 0 aromatic carbocycles. The van der Waals surface area contributed by atoms with Crippen LogP contribution in [0.3, 0.4) is 0 Å². The summed E-state index contributed by atoms with van der Waals surface area (Å²) in [5.74, 6) is 0.256. The molecule has 0 saturated carbocycles. The molecule has 0 aliphatic heterocycles. The first-order valence-corrected chi connectivity index (χ1v) is 2.46. The summed E-state index contributed by atoms with van der Waals surface area (Å²) in [5.41, 5.74) is 9.91. The van der Waals surface area contributed by atoms with E-state index < -0.39 is 6.09 Å². The van der Waals surface area contributed by atoms with Gasteiger partial charge in [-0.25, -0.2) is 4.79 Å². The smallest absolute Gasteiger partial charge is 0.405 e. The maximum Gasteiger partial charge on any atom is 0.410 e. The number of hydrogen-bond donors (Lipinski definition) is 3. The third-order valence-electron chi connectivity index (χ3n) is 0.844. The van der Waals surface area contributed by atoms with Gasteiger partial charge in [0.1, 0.15) is 0 Å². The Morgan fingerprint density at radius 3 is 2.90 bits per heavy atom. The second-order valence-electron chi connectivity index (χ2n) is 1.56. The molecule has 0 radical (unpaired) electrons. The van der Waals surface area contributed by atoms with E-state index in [1.165, 1.54) is 6.20 Å². The van der Waals surface area contributed by atoms with Crippen molar-refractivity contribution in [1.29, 1.82) is 0 Å². The van der Waals surface area contributed by atoms with Crippen LogP contribution in [0, 0.1) is 0 Å². The van der Waals surface area contributed by atoms with Crippen molar-refractivity contribution in [3.05, 3.63) is 6.20 Å². The van der Waals surface area contributed by atoms with Gasteiger partial charge in [0.15, 0.2) is 11.6 Å². The van der Waals surface area contributed by atoms with Crippen molar-refractivity contribution < 1.29 is 9.53 Å². The van der Waals surface area contributed by atoms with Crippen molar-refractivity contribution in [3.63, 3.8) is 0 Å². The highest BCUT2D eigenvalue weighted by Gasteiger charge is 2.04. The van der Waals surface area contributed by atoms with Crippen LogP contribution in [-0.2, 0) is 0 Å². The van der Waals surface area contributed by atoms with Crippen molar-refractivity contribution in [2.45, 2.75) is 0 Å². The molecule has 1 amide bonds. The summed E-state index contributed by atoms with van der Waals surface area (Å²) in [6.45, 7) is 0. The molecule has 5 N–H and O–H groups in total. The quantitative estimate of drug-likeness (QED) is 0.488. The highest BCUT2D eigenvalue weighted by atomic mass is 16.5. The predicted octanol–water partition coefficient (Wildman–Crippen LogP) is -0.551. The molecule has 0 bridgehead atoms. The van der Waals surface area contributed by atoms with Gasteiger partial charge in [0.2, 0.25) is 0 Å². The lowest BCUT2D eigenvalue weighted by molar-refractivity contribution is 0.211. The molecule has 0 spiro atoms. The van der Waals surface area contributed by atoms with Gasteiger partial charge in [-0.05, 0) is 0 Å². The van der Waals surface area contributed by atoms with Crippen LogP contribution in [0.15, 0.2) is 6.20 Å². The van der Waals surface area contributed by atoms with E-state index in [1.807, 2.05) is 0 Å². The number of nitrogen functional groups attached to an aromatic ring is 1. The zero-order chi connectivity index (χ0) is 7.56. The fourth-order valence-corrected chi connectivity index (χ4v) is 0.480. The molecule has 0 fully saturated rings. The highest BCUT2D eigenvalue weighted by Crippen LogP contribution is 2.15. The number of amides is 1. The van der Waals surface area contributed by atoms with Crippen LogP contribution in [0.5, 0.6) is 5.75 Å². The number of primary amides is 1. The maximum atomic E-state index is 10.1. The Kier molecular flexibility index (Phi) is 1.44. The van der Waals surface area contributed by atoms with Gasteiger partial charge < -0.3 is 16.2 Å². The van der Waals surface area contributed by atoms with Gasteiger partial charge in [-0.1, -0.05) is 0 Å². The molecule has 0 saturated heterocycles. The summed E-state index contributed by atoms with van der Waals surface area (Å²) in [5, 5.41) is 5.89. The average molecular weight is 142 g/mol. The van der Waals surface area contributed by atoms with Crippen molar-refractivity contribution in [2.75, 3.05) is 5.73 Å². The average Bonchev–Trinajstić information content (AvgIpc) is 2.15. The molecule has 1 rings (SSSR count). The number of H-pyrrole nitrogens is 1. The van der Waals surface area contributed by atoms with Crippen molar-refractivity contribution in [1.82, 2.24) is 10.2 Å². The second-order valence-corrected chi connectivity index (χ2v) is 1.56. The third-order valence-corrected chi connectivity index (χ3v) is 0.844. The minimum atomic E-state index is -0.909. The Morgan fingerprint density at radius 1 is 1.80 bits per heavy atom. The summed E-state index contributed by atoms with van der Waals surface area (Å²) in [4.78, 5) is 10.1.